The second-order valence-corrected chi connectivity index (χ2v) is 6.84. The molecule has 1 amide bonds. The number of rotatable bonds is 6. The fraction of sp³-hybridized carbons (Fsp3) is 0.316. The van der Waals surface area contributed by atoms with Gasteiger partial charge in [0.2, 0.25) is 0 Å². The van der Waals surface area contributed by atoms with Crippen molar-refractivity contribution in [2.24, 2.45) is 0 Å². The number of ether oxygens (including phenoxy) is 1. The van der Waals surface area contributed by atoms with E-state index in [1.54, 1.807) is 6.07 Å². The molecule has 0 aliphatic heterocycles. The molecule has 0 N–H and O–H groups in total. The Kier molecular flexibility index (Phi) is 7.17. The van der Waals surface area contributed by atoms with Gasteiger partial charge in [-0.15, -0.1) is 0 Å². The van der Waals surface area contributed by atoms with E-state index in [1.165, 1.54) is 19.9 Å². The number of aryl methyl sites for hydroxylation is 1. The van der Waals surface area contributed by atoms with Gasteiger partial charge in [-0.05, 0) is 38.1 Å². The molecule has 0 atom stereocenters. The molecule has 0 radical (unpaired) electrons. The smallest absolute Gasteiger partial charge is 0.406 e. The summed E-state index contributed by atoms with van der Waals surface area (Å²) in [4.78, 5) is 29.0. The Morgan fingerprint density at radius 2 is 1.93 bits per heavy atom. The molecule has 1 heterocycles. The topological polar surface area (TPSA) is 59.5 Å². The predicted molar refractivity (Wildman–Crippen MR) is 101 cm³/mol. The molecule has 9 heteroatoms. The Balaban J connectivity index is 2.31. The number of halogens is 4. The quantitative estimate of drug-likeness (QED) is 0.602. The highest BCUT2D eigenvalue weighted by Crippen LogP contribution is 2.24. The van der Waals surface area contributed by atoms with Crippen molar-refractivity contribution in [3.63, 3.8) is 0 Å². The number of pyridine rings is 1. The van der Waals surface area contributed by atoms with Gasteiger partial charge in [0.05, 0.1) is 23.6 Å². The van der Waals surface area contributed by atoms with Gasteiger partial charge in [-0.1, -0.05) is 28.1 Å². The molecular weight excluding hydrogens is 441 g/mol. The molecule has 2 rings (SSSR count). The summed E-state index contributed by atoms with van der Waals surface area (Å²) >= 11 is 3.36. The molecule has 2 aromatic rings. The summed E-state index contributed by atoms with van der Waals surface area (Å²) in [5.41, 5.74) is 1.61. The van der Waals surface area contributed by atoms with Gasteiger partial charge in [0.25, 0.3) is 5.91 Å². The van der Waals surface area contributed by atoms with Gasteiger partial charge >= 0.3 is 12.1 Å². The molecule has 5 nitrogen and oxygen atoms in total. The van der Waals surface area contributed by atoms with Crippen LogP contribution < -0.4 is 0 Å². The van der Waals surface area contributed by atoms with E-state index in [-0.39, 0.29) is 17.9 Å². The summed E-state index contributed by atoms with van der Waals surface area (Å²) < 4.78 is 44.1. The third-order valence-corrected chi connectivity index (χ3v) is 4.21. The zero-order chi connectivity index (χ0) is 20.9. The number of carbonyl (C=O) groups excluding carboxylic acids is 2. The molecule has 1 aromatic heterocycles. The normalized spacial score (nSPS) is 11.2. The largest absolute Gasteiger partial charge is 0.465 e. The van der Waals surface area contributed by atoms with Crippen LogP contribution in [0.4, 0.5) is 13.2 Å². The first-order valence-corrected chi connectivity index (χ1v) is 9.15. The van der Waals surface area contributed by atoms with Crippen LogP contribution >= 0.6 is 15.9 Å². The van der Waals surface area contributed by atoms with Crippen molar-refractivity contribution in [1.82, 2.24) is 9.88 Å². The number of alkyl halides is 3. The molecule has 0 saturated carbocycles. The molecule has 0 aliphatic rings. The lowest BCUT2D eigenvalue weighted by molar-refractivity contribution is -0.153. The number of hydrogen-bond acceptors (Lipinski definition) is 4. The highest BCUT2D eigenvalue weighted by molar-refractivity contribution is 9.10. The van der Waals surface area contributed by atoms with Crippen LogP contribution in [0.1, 0.15) is 23.0 Å². The van der Waals surface area contributed by atoms with Crippen molar-refractivity contribution in [2.75, 3.05) is 19.7 Å². The number of amides is 1. The van der Waals surface area contributed by atoms with Crippen LogP contribution in [0.3, 0.4) is 0 Å². The number of benzene rings is 1. The summed E-state index contributed by atoms with van der Waals surface area (Å²) in [5.74, 6) is -1.84. The van der Waals surface area contributed by atoms with Gasteiger partial charge in [0.15, 0.2) is 0 Å². The number of hydrogen-bond donors (Lipinski definition) is 0. The number of esters is 1. The van der Waals surface area contributed by atoms with Gasteiger partial charge < -0.3 is 9.64 Å². The lowest BCUT2D eigenvalue weighted by Crippen LogP contribution is -2.42. The Hall–Kier alpha value is -2.42. The maximum Gasteiger partial charge on any atom is 0.406 e. The molecule has 0 unspecified atom stereocenters. The standard InChI is InChI=1S/C19H18BrF3N2O3/c1-3-28-17(26)10-25(11-19(21,22)23)18(27)15-7-8-16(24-12(15)2)13-5-4-6-14(20)9-13/h4-9H,3,10-11H2,1-2H3. The maximum absolute atomic E-state index is 12.9. The van der Waals surface area contributed by atoms with E-state index in [0.29, 0.717) is 10.6 Å². The molecule has 150 valence electrons. The van der Waals surface area contributed by atoms with E-state index in [1.807, 2.05) is 24.3 Å². The fourth-order valence-corrected chi connectivity index (χ4v) is 2.94. The summed E-state index contributed by atoms with van der Waals surface area (Å²) in [6.45, 7) is 0.721. The van der Waals surface area contributed by atoms with E-state index in [4.69, 9.17) is 0 Å². The van der Waals surface area contributed by atoms with Gasteiger partial charge in [0.1, 0.15) is 13.1 Å². The van der Waals surface area contributed by atoms with Gasteiger partial charge in [-0.2, -0.15) is 13.2 Å². The molecule has 0 aliphatic carbocycles. The molecule has 1 aromatic carbocycles. The van der Waals surface area contributed by atoms with Crippen LogP contribution in [0, 0.1) is 6.92 Å². The minimum absolute atomic E-state index is 0.00713. The third kappa shape index (κ3) is 6.05. The monoisotopic (exact) mass is 458 g/mol. The van der Waals surface area contributed by atoms with Crippen molar-refractivity contribution in [2.45, 2.75) is 20.0 Å². The second kappa shape index (κ2) is 9.18. The maximum atomic E-state index is 12.9. The fourth-order valence-electron chi connectivity index (χ4n) is 2.54. The van der Waals surface area contributed by atoms with E-state index >= 15 is 0 Å². The van der Waals surface area contributed by atoms with Crippen molar-refractivity contribution >= 4 is 27.8 Å². The second-order valence-electron chi connectivity index (χ2n) is 5.92. The predicted octanol–water partition coefficient (Wildman–Crippen LogP) is 4.39. The van der Waals surface area contributed by atoms with E-state index in [9.17, 15) is 22.8 Å². The van der Waals surface area contributed by atoms with Crippen LogP contribution in [-0.2, 0) is 9.53 Å². The van der Waals surface area contributed by atoms with Crippen LogP contribution in [0.15, 0.2) is 40.9 Å². The Bertz CT molecular complexity index is 872. The lowest BCUT2D eigenvalue weighted by Gasteiger charge is -2.23. The van der Waals surface area contributed by atoms with Gasteiger partial charge in [0, 0.05) is 10.0 Å². The average molecular weight is 459 g/mol. The Morgan fingerprint density at radius 3 is 2.50 bits per heavy atom. The van der Waals surface area contributed by atoms with Crippen molar-refractivity contribution in [3.05, 3.63) is 52.1 Å². The summed E-state index contributed by atoms with van der Waals surface area (Å²) in [7, 11) is 0. The van der Waals surface area contributed by atoms with Crippen LogP contribution in [-0.4, -0.2) is 47.6 Å². The average Bonchev–Trinajstić information content (AvgIpc) is 2.59. The zero-order valence-electron chi connectivity index (χ0n) is 15.2. The molecule has 28 heavy (non-hydrogen) atoms. The lowest BCUT2D eigenvalue weighted by atomic mass is 10.1. The van der Waals surface area contributed by atoms with E-state index in [2.05, 4.69) is 25.7 Å². The highest BCUT2D eigenvalue weighted by atomic mass is 79.9. The molecule has 0 saturated heterocycles. The SMILES string of the molecule is CCOC(=O)CN(CC(F)(F)F)C(=O)c1ccc(-c2cccc(Br)c2)nc1C. The Morgan fingerprint density at radius 1 is 1.21 bits per heavy atom. The summed E-state index contributed by atoms with van der Waals surface area (Å²) in [6, 6.07) is 10.3. The van der Waals surface area contributed by atoms with Crippen molar-refractivity contribution < 1.29 is 27.5 Å². The van der Waals surface area contributed by atoms with E-state index in [0.717, 1.165) is 10.0 Å². The van der Waals surface area contributed by atoms with Crippen LogP contribution in [0.5, 0.6) is 0 Å². The van der Waals surface area contributed by atoms with Crippen molar-refractivity contribution in [3.8, 4) is 11.3 Å². The van der Waals surface area contributed by atoms with Crippen LogP contribution in [0.2, 0.25) is 0 Å². The zero-order valence-corrected chi connectivity index (χ0v) is 16.8. The molecule has 0 fully saturated rings. The molecule has 0 spiro atoms. The summed E-state index contributed by atoms with van der Waals surface area (Å²) in [6.07, 6.45) is -4.65. The number of aromatic nitrogens is 1. The minimum atomic E-state index is -4.65. The molecular formula is C19H18BrF3N2O3. The van der Waals surface area contributed by atoms with Crippen LogP contribution in [0.25, 0.3) is 11.3 Å². The molecule has 0 bridgehead atoms. The first-order chi connectivity index (χ1) is 13.1. The van der Waals surface area contributed by atoms with Crippen molar-refractivity contribution in [1.29, 1.82) is 0 Å². The highest BCUT2D eigenvalue weighted by Gasteiger charge is 2.35. The van der Waals surface area contributed by atoms with E-state index < -0.39 is 31.1 Å². The van der Waals surface area contributed by atoms with Gasteiger partial charge in [-0.3, -0.25) is 14.6 Å². The summed E-state index contributed by atoms with van der Waals surface area (Å²) in [5, 5.41) is 0. The first kappa shape index (κ1) is 21.9. The first-order valence-electron chi connectivity index (χ1n) is 8.36. The third-order valence-electron chi connectivity index (χ3n) is 3.72. The minimum Gasteiger partial charge on any atom is -0.465 e. The number of nitrogens with zero attached hydrogens (tertiary/aromatic N) is 2. The Labute approximate surface area is 168 Å². The number of carbonyl (C=O) groups is 2. The van der Waals surface area contributed by atoms with Gasteiger partial charge in [-0.25, -0.2) is 0 Å².